The van der Waals surface area contributed by atoms with Crippen LogP contribution in [0.5, 0.6) is 11.6 Å². The van der Waals surface area contributed by atoms with Crippen molar-refractivity contribution in [1.82, 2.24) is 9.97 Å². The second-order valence-corrected chi connectivity index (χ2v) is 5.78. The van der Waals surface area contributed by atoms with E-state index in [1.807, 2.05) is 6.07 Å². The number of aromatic nitrogens is 2. The summed E-state index contributed by atoms with van der Waals surface area (Å²) in [7, 11) is 0. The Kier molecular flexibility index (Phi) is 3.46. The van der Waals surface area contributed by atoms with E-state index in [4.69, 9.17) is 22.1 Å². The van der Waals surface area contributed by atoms with Gasteiger partial charge in [-0.25, -0.2) is 4.98 Å². The summed E-state index contributed by atoms with van der Waals surface area (Å²) < 4.78 is 5.80. The van der Waals surface area contributed by atoms with Crippen LogP contribution < -0.4 is 10.5 Å². The van der Waals surface area contributed by atoms with Crippen molar-refractivity contribution in [3.8, 4) is 11.6 Å². The van der Waals surface area contributed by atoms with Gasteiger partial charge in [0.05, 0.1) is 5.39 Å². The molecule has 102 valence electrons. The van der Waals surface area contributed by atoms with E-state index >= 15 is 0 Å². The van der Waals surface area contributed by atoms with Gasteiger partial charge < -0.3 is 10.5 Å². The van der Waals surface area contributed by atoms with Crippen LogP contribution in [0.4, 0.5) is 5.95 Å². The van der Waals surface area contributed by atoms with Gasteiger partial charge in [-0.3, -0.25) is 0 Å². The van der Waals surface area contributed by atoms with Gasteiger partial charge in [0.15, 0.2) is 0 Å². The number of nitrogen functional groups attached to an aromatic ring is 1. The first-order valence-corrected chi connectivity index (χ1v) is 7.34. The fourth-order valence-corrected chi connectivity index (χ4v) is 2.92. The van der Waals surface area contributed by atoms with Crippen LogP contribution in [0.2, 0.25) is 5.02 Å². The van der Waals surface area contributed by atoms with E-state index in [1.165, 1.54) is 4.88 Å². The number of hydrogen-bond donors (Lipinski definition) is 1. The van der Waals surface area contributed by atoms with Gasteiger partial charge in [0.2, 0.25) is 11.8 Å². The Labute approximate surface area is 125 Å². The maximum absolute atomic E-state index is 5.86. The van der Waals surface area contributed by atoms with Gasteiger partial charge in [-0.2, -0.15) is 4.98 Å². The standard InChI is InChI=1S/C14H12ClN3OS/c1-2-10-7-11-12(17-14(16)18-13(11)20-10)19-9-5-3-8(15)4-6-9/h3-7H,2H2,1H3,(H2,16,17,18). The number of nitrogens with two attached hydrogens (primary N) is 1. The maximum Gasteiger partial charge on any atom is 0.232 e. The SMILES string of the molecule is CCc1cc2c(Oc3ccc(Cl)cc3)nc(N)nc2s1. The van der Waals surface area contributed by atoms with Crippen molar-refractivity contribution in [2.45, 2.75) is 13.3 Å². The summed E-state index contributed by atoms with van der Waals surface area (Å²) in [4.78, 5) is 10.5. The highest BCUT2D eigenvalue weighted by Crippen LogP contribution is 2.33. The van der Waals surface area contributed by atoms with Crippen LogP contribution >= 0.6 is 22.9 Å². The van der Waals surface area contributed by atoms with Crippen molar-refractivity contribution in [3.63, 3.8) is 0 Å². The quantitative estimate of drug-likeness (QED) is 0.784. The van der Waals surface area contributed by atoms with Gasteiger partial charge in [0.25, 0.3) is 0 Å². The molecule has 4 nitrogen and oxygen atoms in total. The number of hydrogen-bond acceptors (Lipinski definition) is 5. The lowest BCUT2D eigenvalue weighted by molar-refractivity contribution is 0.469. The van der Waals surface area contributed by atoms with Gasteiger partial charge >= 0.3 is 0 Å². The summed E-state index contributed by atoms with van der Waals surface area (Å²) in [6, 6.07) is 9.16. The van der Waals surface area contributed by atoms with E-state index in [1.54, 1.807) is 35.6 Å². The van der Waals surface area contributed by atoms with Gasteiger partial charge in [-0.05, 0) is 36.8 Å². The highest BCUT2D eigenvalue weighted by molar-refractivity contribution is 7.18. The molecule has 0 radical (unpaired) electrons. The normalized spacial score (nSPS) is 10.9. The zero-order valence-corrected chi connectivity index (χ0v) is 12.3. The predicted molar refractivity (Wildman–Crippen MR) is 82.7 cm³/mol. The maximum atomic E-state index is 5.86. The van der Waals surface area contributed by atoms with Crippen molar-refractivity contribution in [3.05, 3.63) is 40.2 Å². The van der Waals surface area contributed by atoms with Crippen LogP contribution in [0, 0.1) is 0 Å². The van der Waals surface area contributed by atoms with Crippen molar-refractivity contribution in [2.75, 3.05) is 5.73 Å². The lowest BCUT2D eigenvalue weighted by atomic mass is 10.3. The summed E-state index contributed by atoms with van der Waals surface area (Å²) in [6.07, 6.45) is 0.946. The van der Waals surface area contributed by atoms with Gasteiger partial charge in [-0.15, -0.1) is 11.3 Å². The Morgan fingerprint density at radius 2 is 2.00 bits per heavy atom. The van der Waals surface area contributed by atoms with E-state index in [0.717, 1.165) is 16.6 Å². The molecule has 0 spiro atoms. The van der Waals surface area contributed by atoms with E-state index < -0.39 is 0 Å². The second-order valence-electron chi connectivity index (χ2n) is 4.23. The van der Waals surface area contributed by atoms with Crippen molar-refractivity contribution < 1.29 is 4.74 Å². The van der Waals surface area contributed by atoms with Crippen LogP contribution in [0.1, 0.15) is 11.8 Å². The third kappa shape index (κ3) is 2.55. The van der Waals surface area contributed by atoms with Gasteiger partial charge in [-0.1, -0.05) is 18.5 Å². The molecule has 0 aliphatic rings. The number of thiophene rings is 1. The number of halogens is 1. The molecule has 2 heterocycles. The van der Waals surface area contributed by atoms with Gasteiger partial charge in [0.1, 0.15) is 10.6 Å². The van der Waals surface area contributed by atoms with Crippen LogP contribution in [0.25, 0.3) is 10.2 Å². The fourth-order valence-electron chi connectivity index (χ4n) is 1.83. The Bertz CT molecular complexity index is 755. The van der Waals surface area contributed by atoms with E-state index in [-0.39, 0.29) is 5.95 Å². The second kappa shape index (κ2) is 5.26. The monoisotopic (exact) mass is 305 g/mol. The number of aryl methyl sites for hydroxylation is 1. The van der Waals surface area contributed by atoms with Crippen molar-refractivity contribution in [2.24, 2.45) is 0 Å². The molecule has 3 rings (SSSR count). The first-order valence-electron chi connectivity index (χ1n) is 6.15. The first kappa shape index (κ1) is 13.1. The topological polar surface area (TPSA) is 61.0 Å². The van der Waals surface area contributed by atoms with Crippen LogP contribution in [-0.4, -0.2) is 9.97 Å². The third-order valence-electron chi connectivity index (χ3n) is 2.80. The first-order chi connectivity index (χ1) is 9.65. The molecule has 20 heavy (non-hydrogen) atoms. The molecule has 0 amide bonds. The van der Waals surface area contributed by atoms with Crippen LogP contribution in [-0.2, 0) is 6.42 Å². The minimum Gasteiger partial charge on any atom is -0.438 e. The lowest BCUT2D eigenvalue weighted by Crippen LogP contribution is -1.97. The number of fused-ring (bicyclic) bond motifs is 1. The molecule has 0 aliphatic heterocycles. The molecule has 0 saturated carbocycles. The molecule has 1 aromatic carbocycles. The number of anilines is 1. The Morgan fingerprint density at radius 3 is 2.70 bits per heavy atom. The molecule has 6 heteroatoms. The Balaban J connectivity index is 2.05. The molecule has 2 aromatic heterocycles. The smallest absolute Gasteiger partial charge is 0.232 e. The molecule has 0 saturated heterocycles. The van der Waals surface area contributed by atoms with Crippen molar-refractivity contribution in [1.29, 1.82) is 0 Å². The summed E-state index contributed by atoms with van der Waals surface area (Å²) in [6.45, 7) is 2.10. The molecule has 0 fully saturated rings. The van der Waals surface area contributed by atoms with E-state index in [0.29, 0.717) is 16.7 Å². The third-order valence-corrected chi connectivity index (χ3v) is 4.23. The largest absolute Gasteiger partial charge is 0.438 e. The predicted octanol–water partition coefficient (Wildman–Crippen LogP) is 4.28. The number of ether oxygens (including phenoxy) is 1. The number of nitrogens with zero attached hydrogens (tertiary/aromatic N) is 2. The minimum atomic E-state index is 0.214. The van der Waals surface area contributed by atoms with Crippen molar-refractivity contribution >= 4 is 39.1 Å². The van der Waals surface area contributed by atoms with Gasteiger partial charge in [0, 0.05) is 9.90 Å². The highest BCUT2D eigenvalue weighted by Gasteiger charge is 2.12. The zero-order chi connectivity index (χ0) is 14.1. The molecule has 3 aromatic rings. The average molecular weight is 306 g/mol. The average Bonchev–Trinajstić information content (AvgIpc) is 2.84. The molecule has 2 N–H and O–H groups in total. The zero-order valence-electron chi connectivity index (χ0n) is 10.8. The minimum absolute atomic E-state index is 0.214. The van der Waals surface area contributed by atoms with Crippen LogP contribution in [0.3, 0.4) is 0 Å². The summed E-state index contributed by atoms with van der Waals surface area (Å²) >= 11 is 7.46. The van der Waals surface area contributed by atoms with Crippen LogP contribution in [0.15, 0.2) is 30.3 Å². The summed E-state index contributed by atoms with van der Waals surface area (Å²) in [5.74, 6) is 1.36. The molecular formula is C14H12ClN3OS. The molecule has 0 bridgehead atoms. The molecule has 0 aliphatic carbocycles. The summed E-state index contributed by atoms with van der Waals surface area (Å²) in [5, 5.41) is 1.55. The fraction of sp³-hybridized carbons (Fsp3) is 0.143. The Hall–Kier alpha value is -1.85. The van der Waals surface area contributed by atoms with E-state index in [2.05, 4.69) is 16.9 Å². The molecule has 0 atom stereocenters. The number of benzene rings is 1. The summed E-state index contributed by atoms with van der Waals surface area (Å²) in [5.41, 5.74) is 5.74. The highest BCUT2D eigenvalue weighted by atomic mass is 35.5. The number of rotatable bonds is 3. The molecule has 0 unspecified atom stereocenters. The Morgan fingerprint density at radius 1 is 1.25 bits per heavy atom. The molecular weight excluding hydrogens is 294 g/mol. The van der Waals surface area contributed by atoms with E-state index in [9.17, 15) is 0 Å². The lowest BCUT2D eigenvalue weighted by Gasteiger charge is -2.06.